The minimum atomic E-state index is -1.48. The SMILES string of the molecule is I.O=C(O)c1ccc(C(=O)O)c(C(=O)O)c1. The van der Waals surface area contributed by atoms with Gasteiger partial charge in [0.1, 0.15) is 0 Å². The molecule has 0 bridgehead atoms. The Kier molecular flexibility index (Phi) is 4.89. The predicted molar refractivity (Wildman–Crippen MR) is 62.7 cm³/mol. The molecule has 0 heterocycles. The molecular formula is C9H7IO6. The van der Waals surface area contributed by atoms with Crippen LogP contribution >= 0.6 is 24.0 Å². The average Bonchev–Trinajstić information content (AvgIpc) is 2.16. The zero-order valence-electron chi connectivity index (χ0n) is 7.71. The molecule has 1 rings (SSSR count). The van der Waals surface area contributed by atoms with Gasteiger partial charge >= 0.3 is 17.9 Å². The minimum Gasteiger partial charge on any atom is -0.478 e. The van der Waals surface area contributed by atoms with Crippen molar-refractivity contribution in [1.29, 1.82) is 0 Å². The molecule has 86 valence electrons. The van der Waals surface area contributed by atoms with Crippen molar-refractivity contribution in [2.24, 2.45) is 0 Å². The van der Waals surface area contributed by atoms with E-state index in [9.17, 15) is 14.4 Å². The largest absolute Gasteiger partial charge is 0.478 e. The number of halogens is 1. The summed E-state index contributed by atoms with van der Waals surface area (Å²) in [7, 11) is 0. The first-order chi connectivity index (χ1) is 6.93. The van der Waals surface area contributed by atoms with Crippen molar-refractivity contribution in [2.75, 3.05) is 0 Å². The van der Waals surface area contributed by atoms with Gasteiger partial charge in [0.05, 0.1) is 16.7 Å². The summed E-state index contributed by atoms with van der Waals surface area (Å²) in [6.45, 7) is 0. The Morgan fingerprint density at radius 1 is 0.812 bits per heavy atom. The van der Waals surface area contributed by atoms with Crippen molar-refractivity contribution < 1.29 is 29.7 Å². The molecule has 0 unspecified atom stereocenters. The summed E-state index contributed by atoms with van der Waals surface area (Å²) in [5.41, 5.74) is -1.24. The molecule has 0 amide bonds. The second-order valence-corrected chi connectivity index (χ2v) is 2.68. The van der Waals surface area contributed by atoms with Gasteiger partial charge in [0.15, 0.2) is 0 Å². The smallest absolute Gasteiger partial charge is 0.336 e. The monoisotopic (exact) mass is 338 g/mol. The molecule has 6 nitrogen and oxygen atoms in total. The van der Waals surface area contributed by atoms with E-state index < -0.39 is 29.0 Å². The second kappa shape index (κ2) is 5.45. The van der Waals surface area contributed by atoms with Gasteiger partial charge in [-0.25, -0.2) is 14.4 Å². The maximum Gasteiger partial charge on any atom is 0.336 e. The fourth-order valence-electron chi connectivity index (χ4n) is 1.04. The van der Waals surface area contributed by atoms with Crippen LogP contribution in [-0.4, -0.2) is 33.2 Å². The van der Waals surface area contributed by atoms with E-state index in [0.717, 1.165) is 18.2 Å². The van der Waals surface area contributed by atoms with Crippen LogP contribution in [0.25, 0.3) is 0 Å². The van der Waals surface area contributed by atoms with E-state index in [-0.39, 0.29) is 29.5 Å². The Balaban J connectivity index is 0.00000225. The molecule has 0 aromatic heterocycles. The first-order valence-corrected chi connectivity index (χ1v) is 3.77. The van der Waals surface area contributed by atoms with Gasteiger partial charge in [0.2, 0.25) is 0 Å². The normalized spacial score (nSPS) is 9.00. The lowest BCUT2D eigenvalue weighted by Crippen LogP contribution is -2.10. The van der Waals surface area contributed by atoms with E-state index in [4.69, 9.17) is 15.3 Å². The highest BCUT2D eigenvalue weighted by molar-refractivity contribution is 14.0. The Morgan fingerprint density at radius 3 is 1.69 bits per heavy atom. The van der Waals surface area contributed by atoms with Gasteiger partial charge in [-0.15, -0.1) is 24.0 Å². The molecule has 0 radical (unpaired) electrons. The van der Waals surface area contributed by atoms with E-state index in [1.54, 1.807) is 0 Å². The first kappa shape index (κ1) is 14.4. The molecular weight excluding hydrogens is 331 g/mol. The second-order valence-electron chi connectivity index (χ2n) is 2.68. The fourth-order valence-corrected chi connectivity index (χ4v) is 1.04. The van der Waals surface area contributed by atoms with Crippen LogP contribution in [0.5, 0.6) is 0 Å². The van der Waals surface area contributed by atoms with Crippen molar-refractivity contribution in [2.45, 2.75) is 0 Å². The number of rotatable bonds is 3. The highest BCUT2D eigenvalue weighted by Crippen LogP contribution is 2.12. The van der Waals surface area contributed by atoms with Gasteiger partial charge in [0.25, 0.3) is 0 Å². The van der Waals surface area contributed by atoms with Crippen molar-refractivity contribution in [3.63, 3.8) is 0 Å². The Labute approximate surface area is 107 Å². The topological polar surface area (TPSA) is 112 Å². The minimum absolute atomic E-state index is 0. The van der Waals surface area contributed by atoms with Gasteiger partial charge < -0.3 is 15.3 Å². The summed E-state index contributed by atoms with van der Waals surface area (Å²) in [5.74, 6) is -4.20. The molecule has 3 N–H and O–H groups in total. The van der Waals surface area contributed by atoms with Gasteiger partial charge in [-0.2, -0.15) is 0 Å². The van der Waals surface area contributed by atoms with Crippen LogP contribution in [0.4, 0.5) is 0 Å². The molecule has 0 aliphatic rings. The number of hydrogen-bond acceptors (Lipinski definition) is 3. The van der Waals surface area contributed by atoms with Gasteiger partial charge in [-0.3, -0.25) is 0 Å². The Hall–Kier alpha value is -1.64. The number of carbonyl (C=O) groups is 3. The molecule has 0 aliphatic carbocycles. The molecule has 0 atom stereocenters. The molecule has 0 fully saturated rings. The molecule has 0 saturated heterocycles. The fraction of sp³-hybridized carbons (Fsp3) is 0. The zero-order chi connectivity index (χ0) is 11.6. The summed E-state index contributed by atoms with van der Waals surface area (Å²) < 4.78 is 0. The van der Waals surface area contributed by atoms with Crippen LogP contribution in [0.2, 0.25) is 0 Å². The highest BCUT2D eigenvalue weighted by atomic mass is 127. The van der Waals surface area contributed by atoms with Crippen LogP contribution in [0.3, 0.4) is 0 Å². The van der Waals surface area contributed by atoms with E-state index in [1.165, 1.54) is 0 Å². The molecule has 0 aliphatic heterocycles. The molecule has 1 aromatic carbocycles. The highest BCUT2D eigenvalue weighted by Gasteiger charge is 2.17. The van der Waals surface area contributed by atoms with E-state index in [2.05, 4.69) is 0 Å². The zero-order valence-corrected chi connectivity index (χ0v) is 10.0. The maximum absolute atomic E-state index is 10.6. The van der Waals surface area contributed by atoms with Crippen LogP contribution in [0, 0.1) is 0 Å². The lowest BCUT2D eigenvalue weighted by molar-refractivity contribution is 0.0649. The third-order valence-electron chi connectivity index (χ3n) is 1.73. The van der Waals surface area contributed by atoms with Crippen LogP contribution in [-0.2, 0) is 0 Å². The average molecular weight is 338 g/mol. The molecule has 0 saturated carbocycles. The van der Waals surface area contributed by atoms with E-state index in [1.807, 2.05) is 0 Å². The lowest BCUT2D eigenvalue weighted by Gasteiger charge is -2.02. The number of carboxylic acid groups (broad SMARTS) is 3. The van der Waals surface area contributed by atoms with Crippen LogP contribution in [0.15, 0.2) is 18.2 Å². The lowest BCUT2D eigenvalue weighted by atomic mass is 10.0. The number of aromatic carboxylic acids is 3. The summed E-state index contributed by atoms with van der Waals surface area (Å²) in [6, 6.07) is 2.81. The molecule has 7 heteroatoms. The van der Waals surface area contributed by atoms with E-state index >= 15 is 0 Å². The van der Waals surface area contributed by atoms with Crippen molar-refractivity contribution in [3.05, 3.63) is 34.9 Å². The molecule has 1 aromatic rings. The summed E-state index contributed by atoms with van der Waals surface area (Å²) in [4.78, 5) is 31.8. The predicted octanol–water partition coefficient (Wildman–Crippen LogP) is 1.40. The van der Waals surface area contributed by atoms with Gasteiger partial charge in [-0.1, -0.05) is 0 Å². The first-order valence-electron chi connectivity index (χ1n) is 3.77. The summed E-state index contributed by atoms with van der Waals surface area (Å²) in [5, 5.41) is 25.9. The van der Waals surface area contributed by atoms with Gasteiger partial charge in [0, 0.05) is 0 Å². The quantitative estimate of drug-likeness (QED) is 0.719. The van der Waals surface area contributed by atoms with E-state index in [0.29, 0.717) is 0 Å². The Morgan fingerprint density at radius 2 is 1.31 bits per heavy atom. The summed E-state index contributed by atoms with van der Waals surface area (Å²) in [6.07, 6.45) is 0. The number of hydrogen-bond donors (Lipinski definition) is 3. The van der Waals surface area contributed by atoms with Gasteiger partial charge in [-0.05, 0) is 18.2 Å². The molecule has 16 heavy (non-hydrogen) atoms. The maximum atomic E-state index is 10.6. The summed E-state index contributed by atoms with van der Waals surface area (Å²) >= 11 is 0. The standard InChI is InChI=1S/C9H6O6.HI/c10-7(11)4-1-2-5(8(12)13)6(3-4)9(14)15;/h1-3H,(H,10,11)(H,12,13)(H,14,15);1H. The Bertz CT molecular complexity index is 453. The van der Waals surface area contributed by atoms with Crippen LogP contribution in [0.1, 0.15) is 31.1 Å². The number of benzene rings is 1. The third-order valence-corrected chi connectivity index (χ3v) is 1.73. The van der Waals surface area contributed by atoms with Crippen LogP contribution < -0.4 is 0 Å². The third kappa shape index (κ3) is 2.92. The van der Waals surface area contributed by atoms with Crippen molar-refractivity contribution >= 4 is 41.9 Å². The van der Waals surface area contributed by atoms with Crippen molar-refractivity contribution in [1.82, 2.24) is 0 Å². The number of carboxylic acids is 3. The van der Waals surface area contributed by atoms with Crippen molar-refractivity contribution in [3.8, 4) is 0 Å². The molecule has 0 spiro atoms.